The molecule has 3 aromatic heterocycles. The van der Waals surface area contributed by atoms with Gasteiger partial charge in [0.1, 0.15) is 0 Å². The minimum Gasteiger partial charge on any atom is -0.309 e. The maximum atomic E-state index is 9.97. The highest BCUT2D eigenvalue weighted by Gasteiger charge is 2.19. The fourth-order valence-corrected chi connectivity index (χ4v) is 8.70. The number of nitriles is 2. The molecule has 0 radical (unpaired) electrons. The number of hydrogen-bond acceptors (Lipinski definition) is 2. The summed E-state index contributed by atoms with van der Waals surface area (Å²) in [5.74, 6) is 0. The van der Waals surface area contributed by atoms with Crippen molar-refractivity contribution in [3.8, 4) is 40.3 Å². The van der Waals surface area contributed by atoms with Crippen molar-refractivity contribution in [2.75, 3.05) is 0 Å². The number of rotatable bonds is 4. The van der Waals surface area contributed by atoms with Gasteiger partial charge in [-0.25, -0.2) is 0 Å². The lowest BCUT2D eigenvalue weighted by atomic mass is 10.0. The minimum absolute atomic E-state index is 0.620. The van der Waals surface area contributed by atoms with Gasteiger partial charge in [-0.15, -0.1) is 0 Å². The van der Waals surface area contributed by atoms with Crippen LogP contribution in [0.15, 0.2) is 176 Å². The molecule has 0 amide bonds. The van der Waals surface area contributed by atoms with Crippen molar-refractivity contribution in [1.82, 2.24) is 13.7 Å². The van der Waals surface area contributed by atoms with E-state index in [1.807, 2.05) is 24.3 Å². The first kappa shape index (κ1) is 30.7. The summed E-state index contributed by atoms with van der Waals surface area (Å²) in [5, 5.41) is 26.5. The Morgan fingerprint density at radius 3 is 1.33 bits per heavy atom. The highest BCUT2D eigenvalue weighted by atomic mass is 15.0. The number of nitrogens with zero attached hydrogens (tertiary/aromatic N) is 5. The average molecular weight is 700 g/mol. The topological polar surface area (TPSA) is 62.4 Å². The Morgan fingerprint density at radius 2 is 0.745 bits per heavy atom. The largest absolute Gasteiger partial charge is 0.309 e. The van der Waals surface area contributed by atoms with Gasteiger partial charge in [0.05, 0.1) is 62.1 Å². The van der Waals surface area contributed by atoms with Gasteiger partial charge >= 0.3 is 0 Å². The molecule has 5 heteroatoms. The average Bonchev–Trinajstić information content (AvgIpc) is 3.89. The summed E-state index contributed by atoms with van der Waals surface area (Å²) in [5.41, 5.74) is 13.1. The van der Waals surface area contributed by atoms with Crippen molar-refractivity contribution >= 4 is 65.4 Å². The highest BCUT2D eigenvalue weighted by molar-refractivity contribution is 6.13. The van der Waals surface area contributed by atoms with E-state index in [1.165, 1.54) is 16.2 Å². The van der Waals surface area contributed by atoms with E-state index in [4.69, 9.17) is 0 Å². The smallest absolute Gasteiger partial charge is 0.0992 e. The van der Waals surface area contributed by atoms with Gasteiger partial charge in [0.2, 0.25) is 0 Å². The fraction of sp³-hybridized carbons (Fsp3) is 0. The van der Waals surface area contributed by atoms with Crippen LogP contribution in [-0.2, 0) is 0 Å². The van der Waals surface area contributed by atoms with Crippen LogP contribution in [0.25, 0.3) is 93.6 Å². The summed E-state index contributed by atoms with van der Waals surface area (Å²) in [7, 11) is 0. The number of aromatic nitrogens is 3. The molecule has 0 unspecified atom stereocenters. The molecule has 0 atom stereocenters. The molecule has 11 rings (SSSR count). The van der Waals surface area contributed by atoms with Crippen LogP contribution in [-0.4, -0.2) is 13.7 Å². The predicted molar refractivity (Wildman–Crippen MR) is 224 cm³/mol. The summed E-state index contributed by atoms with van der Waals surface area (Å²) in [6.07, 6.45) is 0. The normalized spacial score (nSPS) is 11.6. The Labute approximate surface area is 316 Å². The monoisotopic (exact) mass is 699 g/mol. The van der Waals surface area contributed by atoms with Crippen LogP contribution in [0, 0.1) is 22.7 Å². The van der Waals surface area contributed by atoms with Crippen LogP contribution >= 0.6 is 0 Å². The van der Waals surface area contributed by atoms with Gasteiger partial charge in [-0.05, 0) is 90.5 Å². The molecule has 254 valence electrons. The van der Waals surface area contributed by atoms with E-state index in [2.05, 4.69) is 177 Å². The molecule has 55 heavy (non-hydrogen) atoms. The van der Waals surface area contributed by atoms with Crippen molar-refractivity contribution in [2.24, 2.45) is 0 Å². The van der Waals surface area contributed by atoms with Gasteiger partial charge < -0.3 is 13.7 Å². The third kappa shape index (κ3) is 4.51. The zero-order chi connectivity index (χ0) is 36.6. The SMILES string of the molecule is N#Cc1ccc(-c2ccc(-n3c4ccccc4c4cc(-n5c6ccccc6c6cc(C#N)ccc65)ccc43)cc2)c(-n2c3ccccc3c3ccccc32)c1. The van der Waals surface area contributed by atoms with E-state index in [0.29, 0.717) is 11.1 Å². The molecule has 0 spiro atoms. The molecule has 0 N–H and O–H groups in total. The van der Waals surface area contributed by atoms with Gasteiger partial charge in [0, 0.05) is 49.3 Å². The van der Waals surface area contributed by atoms with E-state index in [0.717, 1.165) is 77.4 Å². The third-order valence-corrected chi connectivity index (χ3v) is 11.1. The van der Waals surface area contributed by atoms with E-state index in [1.54, 1.807) is 0 Å². The molecule has 0 aliphatic rings. The molecule has 5 nitrogen and oxygen atoms in total. The van der Waals surface area contributed by atoms with Crippen molar-refractivity contribution in [2.45, 2.75) is 0 Å². The number of para-hydroxylation sites is 4. The lowest BCUT2D eigenvalue weighted by molar-refractivity contribution is 1.16. The molecular weight excluding hydrogens is 671 g/mol. The third-order valence-electron chi connectivity index (χ3n) is 11.1. The maximum Gasteiger partial charge on any atom is 0.0992 e. The van der Waals surface area contributed by atoms with Crippen LogP contribution in [0.2, 0.25) is 0 Å². The fourth-order valence-electron chi connectivity index (χ4n) is 8.70. The molecule has 0 aliphatic heterocycles. The van der Waals surface area contributed by atoms with Crippen molar-refractivity contribution in [3.05, 3.63) is 187 Å². The van der Waals surface area contributed by atoms with E-state index in [9.17, 15) is 10.5 Å². The summed E-state index contributed by atoms with van der Waals surface area (Å²) in [4.78, 5) is 0. The maximum absolute atomic E-state index is 9.97. The minimum atomic E-state index is 0.620. The first-order valence-electron chi connectivity index (χ1n) is 18.3. The second-order valence-electron chi connectivity index (χ2n) is 14.0. The molecule has 0 bridgehead atoms. The molecule has 0 aliphatic carbocycles. The predicted octanol–water partition coefficient (Wildman–Crippen LogP) is 12.4. The molecule has 11 aromatic rings. The molecule has 8 aromatic carbocycles. The number of benzene rings is 8. The summed E-state index contributed by atoms with van der Waals surface area (Å²) >= 11 is 0. The Balaban J connectivity index is 1.07. The Bertz CT molecular complexity index is 3400. The van der Waals surface area contributed by atoms with Gasteiger partial charge in [-0.3, -0.25) is 0 Å². The van der Waals surface area contributed by atoms with Gasteiger partial charge in [-0.2, -0.15) is 10.5 Å². The Kier molecular flexibility index (Phi) is 6.61. The van der Waals surface area contributed by atoms with Gasteiger partial charge in [0.25, 0.3) is 0 Å². The van der Waals surface area contributed by atoms with Crippen LogP contribution in [0.4, 0.5) is 0 Å². The molecule has 0 fully saturated rings. The van der Waals surface area contributed by atoms with E-state index < -0.39 is 0 Å². The highest BCUT2D eigenvalue weighted by Crippen LogP contribution is 2.39. The van der Waals surface area contributed by atoms with Crippen molar-refractivity contribution in [3.63, 3.8) is 0 Å². The first-order valence-corrected chi connectivity index (χ1v) is 18.3. The second kappa shape index (κ2) is 11.8. The summed E-state index contributed by atoms with van der Waals surface area (Å²) in [6, 6.07) is 66.1. The number of fused-ring (bicyclic) bond motifs is 9. The molecule has 0 saturated carbocycles. The summed E-state index contributed by atoms with van der Waals surface area (Å²) in [6.45, 7) is 0. The Morgan fingerprint density at radius 1 is 0.327 bits per heavy atom. The van der Waals surface area contributed by atoms with Crippen molar-refractivity contribution in [1.29, 1.82) is 10.5 Å². The molecule has 3 heterocycles. The second-order valence-corrected chi connectivity index (χ2v) is 14.0. The Hall–Kier alpha value is -7.86. The van der Waals surface area contributed by atoms with Gasteiger partial charge in [-0.1, -0.05) is 91.0 Å². The van der Waals surface area contributed by atoms with Crippen LogP contribution in [0.3, 0.4) is 0 Å². The lowest BCUT2D eigenvalue weighted by Gasteiger charge is -2.15. The standard InChI is InChI=1S/C50H29N5/c51-30-32-18-25-48-42(27-32)40-11-3-6-14-45(40)54(48)36-23-26-49-43(29-36)41-12-4-5-13-44(41)53(49)35-21-19-34(20-22-35)37-24-17-33(31-52)28-50(37)55-46-15-7-1-9-38(46)39-10-2-8-16-47(39)55/h1-29H. The molecule has 0 saturated heterocycles. The van der Waals surface area contributed by atoms with Gasteiger partial charge in [0.15, 0.2) is 0 Å². The van der Waals surface area contributed by atoms with E-state index in [-0.39, 0.29) is 0 Å². The number of hydrogen-bond donors (Lipinski definition) is 0. The first-order chi connectivity index (χ1) is 27.2. The lowest BCUT2D eigenvalue weighted by Crippen LogP contribution is -1.99. The quantitative estimate of drug-likeness (QED) is 0.184. The molecular formula is C50H29N5. The van der Waals surface area contributed by atoms with E-state index >= 15 is 0 Å². The van der Waals surface area contributed by atoms with Crippen LogP contribution in [0.5, 0.6) is 0 Å². The zero-order valence-corrected chi connectivity index (χ0v) is 29.5. The summed E-state index contributed by atoms with van der Waals surface area (Å²) < 4.78 is 6.94. The van der Waals surface area contributed by atoms with Crippen LogP contribution in [0.1, 0.15) is 11.1 Å². The zero-order valence-electron chi connectivity index (χ0n) is 29.5. The van der Waals surface area contributed by atoms with Crippen molar-refractivity contribution < 1.29 is 0 Å². The van der Waals surface area contributed by atoms with Crippen LogP contribution < -0.4 is 0 Å².